The molecule has 0 aromatic heterocycles. The summed E-state index contributed by atoms with van der Waals surface area (Å²) in [5.41, 5.74) is 0.571. The fraction of sp³-hybridized carbons (Fsp3) is 0.632. The van der Waals surface area contributed by atoms with Crippen molar-refractivity contribution in [3.05, 3.63) is 35.9 Å². The number of piperidine rings is 1. The maximum absolute atomic E-state index is 12.9. The molecule has 5 nitrogen and oxygen atoms in total. The van der Waals surface area contributed by atoms with Crippen LogP contribution in [0.5, 0.6) is 0 Å². The number of nitrogens with one attached hydrogen (secondary N) is 1. The minimum Gasteiger partial charge on any atom is -0.376 e. The number of carbonyl (C=O) groups excluding carboxylic acids is 1. The number of hydrogen-bond acceptors (Lipinski definition) is 4. The summed E-state index contributed by atoms with van der Waals surface area (Å²) in [7, 11) is 1.67. The maximum atomic E-state index is 12.9. The Morgan fingerprint density at radius 3 is 2.68 bits per heavy atom. The molecule has 25 heavy (non-hydrogen) atoms. The van der Waals surface area contributed by atoms with Gasteiger partial charge in [0.05, 0.1) is 13.2 Å². The van der Waals surface area contributed by atoms with Crippen LogP contribution in [0.1, 0.15) is 24.8 Å². The van der Waals surface area contributed by atoms with Crippen LogP contribution in [0.3, 0.4) is 0 Å². The summed E-state index contributed by atoms with van der Waals surface area (Å²) in [6, 6.07) is 10.2. The minimum atomic E-state index is -0.620. The molecule has 0 aliphatic carbocycles. The van der Waals surface area contributed by atoms with Gasteiger partial charge in [-0.2, -0.15) is 0 Å². The highest BCUT2D eigenvalue weighted by molar-refractivity contribution is 5.86. The molecule has 0 bridgehead atoms. The summed E-state index contributed by atoms with van der Waals surface area (Å²) in [6.07, 6.45) is 2.53. The molecule has 0 saturated carbocycles. The van der Waals surface area contributed by atoms with Crippen molar-refractivity contribution in [1.82, 2.24) is 10.2 Å². The highest BCUT2D eigenvalue weighted by Gasteiger charge is 2.44. The molecule has 3 rings (SSSR count). The molecule has 1 aromatic carbocycles. The Labute approximate surface area is 156 Å². The molecule has 1 amide bonds. The molecular weight excluding hydrogens is 340 g/mol. The van der Waals surface area contributed by atoms with Crippen LogP contribution >= 0.6 is 12.4 Å². The van der Waals surface area contributed by atoms with Gasteiger partial charge in [-0.1, -0.05) is 30.3 Å². The van der Waals surface area contributed by atoms with E-state index in [1.54, 1.807) is 7.11 Å². The van der Waals surface area contributed by atoms with Gasteiger partial charge in [-0.3, -0.25) is 4.79 Å². The predicted molar refractivity (Wildman–Crippen MR) is 99.9 cm³/mol. The number of likely N-dealkylation sites (tertiary alicyclic amines) is 1. The molecule has 1 atom stereocenters. The standard InChI is InChI=1S/C19H28N2O3.ClH/c1-23-19(8-10-20-11-9-19)18(22)21-12-7-17(13-21)15-24-14-16-5-3-2-4-6-16;/h2-6,17,20H,7-15H2,1H3;1H. The van der Waals surface area contributed by atoms with E-state index in [2.05, 4.69) is 17.4 Å². The number of ether oxygens (including phenoxy) is 2. The van der Waals surface area contributed by atoms with Gasteiger partial charge in [-0.05, 0) is 37.9 Å². The number of halogens is 1. The first kappa shape index (κ1) is 20.2. The zero-order chi connectivity index (χ0) is 16.8. The normalized spacial score (nSPS) is 22.4. The second kappa shape index (κ2) is 9.53. The minimum absolute atomic E-state index is 0. The van der Waals surface area contributed by atoms with Gasteiger partial charge in [-0.15, -0.1) is 12.4 Å². The van der Waals surface area contributed by atoms with Gasteiger partial charge >= 0.3 is 0 Å². The molecule has 2 aliphatic rings. The molecule has 2 aliphatic heterocycles. The Balaban J connectivity index is 0.00000225. The van der Waals surface area contributed by atoms with E-state index in [1.165, 1.54) is 5.56 Å². The lowest BCUT2D eigenvalue weighted by molar-refractivity contribution is -0.157. The Kier molecular flexibility index (Phi) is 7.69. The molecule has 1 aromatic rings. The van der Waals surface area contributed by atoms with Gasteiger partial charge in [0.1, 0.15) is 5.60 Å². The monoisotopic (exact) mass is 368 g/mol. The Morgan fingerprint density at radius 2 is 2.00 bits per heavy atom. The van der Waals surface area contributed by atoms with Crippen molar-refractivity contribution in [1.29, 1.82) is 0 Å². The SMILES string of the molecule is COC1(C(=O)N2CCC(COCc3ccccc3)C2)CCNCC1.Cl. The summed E-state index contributed by atoms with van der Waals surface area (Å²) >= 11 is 0. The van der Waals surface area contributed by atoms with Crippen molar-refractivity contribution in [2.75, 3.05) is 39.9 Å². The van der Waals surface area contributed by atoms with Crippen LogP contribution < -0.4 is 5.32 Å². The fourth-order valence-electron chi connectivity index (χ4n) is 3.69. The third-order valence-electron chi connectivity index (χ3n) is 5.23. The first-order valence-corrected chi connectivity index (χ1v) is 8.90. The second-order valence-corrected chi connectivity index (χ2v) is 6.86. The Hall–Kier alpha value is -1.14. The van der Waals surface area contributed by atoms with E-state index in [9.17, 15) is 4.79 Å². The zero-order valence-electron chi connectivity index (χ0n) is 14.9. The summed E-state index contributed by atoms with van der Waals surface area (Å²) < 4.78 is 11.5. The number of rotatable bonds is 6. The van der Waals surface area contributed by atoms with Crippen molar-refractivity contribution >= 4 is 18.3 Å². The number of benzene rings is 1. The van der Waals surface area contributed by atoms with Gasteiger partial charge in [0.2, 0.25) is 0 Å². The van der Waals surface area contributed by atoms with Gasteiger partial charge in [0.25, 0.3) is 5.91 Å². The summed E-state index contributed by atoms with van der Waals surface area (Å²) in [6.45, 7) is 4.64. The summed E-state index contributed by atoms with van der Waals surface area (Å²) in [4.78, 5) is 14.9. The molecule has 140 valence electrons. The largest absolute Gasteiger partial charge is 0.376 e. The Morgan fingerprint density at radius 1 is 1.28 bits per heavy atom. The third kappa shape index (κ3) is 4.94. The average molecular weight is 369 g/mol. The molecule has 0 spiro atoms. The van der Waals surface area contributed by atoms with Gasteiger partial charge in [0, 0.05) is 26.1 Å². The third-order valence-corrected chi connectivity index (χ3v) is 5.23. The first-order valence-electron chi connectivity index (χ1n) is 8.90. The lowest BCUT2D eigenvalue weighted by atomic mass is 9.90. The molecule has 0 radical (unpaired) electrons. The number of carbonyl (C=O) groups is 1. The van der Waals surface area contributed by atoms with Crippen molar-refractivity contribution < 1.29 is 14.3 Å². The highest BCUT2D eigenvalue weighted by Crippen LogP contribution is 2.28. The predicted octanol–water partition coefficient (Wildman–Crippen LogP) is 2.24. The smallest absolute Gasteiger partial charge is 0.254 e. The van der Waals surface area contributed by atoms with Crippen LogP contribution in [0.25, 0.3) is 0 Å². The van der Waals surface area contributed by atoms with Crippen molar-refractivity contribution in [3.8, 4) is 0 Å². The van der Waals surface area contributed by atoms with E-state index < -0.39 is 5.60 Å². The van der Waals surface area contributed by atoms with E-state index >= 15 is 0 Å². The van der Waals surface area contributed by atoms with E-state index in [0.29, 0.717) is 19.1 Å². The molecule has 2 fully saturated rings. The van der Waals surface area contributed by atoms with E-state index in [0.717, 1.165) is 45.4 Å². The van der Waals surface area contributed by atoms with Crippen LogP contribution in [0.2, 0.25) is 0 Å². The average Bonchev–Trinajstić information content (AvgIpc) is 3.11. The summed E-state index contributed by atoms with van der Waals surface area (Å²) in [5.74, 6) is 0.588. The van der Waals surface area contributed by atoms with Crippen LogP contribution in [0.4, 0.5) is 0 Å². The number of amides is 1. The molecule has 2 heterocycles. The van der Waals surface area contributed by atoms with Crippen molar-refractivity contribution in [3.63, 3.8) is 0 Å². The molecule has 1 N–H and O–H groups in total. The van der Waals surface area contributed by atoms with Crippen LogP contribution in [0, 0.1) is 5.92 Å². The van der Waals surface area contributed by atoms with Crippen molar-refractivity contribution in [2.24, 2.45) is 5.92 Å². The number of nitrogens with zero attached hydrogens (tertiary/aromatic N) is 1. The first-order chi connectivity index (χ1) is 11.7. The zero-order valence-corrected chi connectivity index (χ0v) is 15.7. The van der Waals surface area contributed by atoms with Gasteiger partial charge < -0.3 is 19.7 Å². The van der Waals surface area contributed by atoms with E-state index in [-0.39, 0.29) is 18.3 Å². The number of hydrogen-bond donors (Lipinski definition) is 1. The van der Waals surface area contributed by atoms with E-state index in [4.69, 9.17) is 9.47 Å². The molecule has 6 heteroatoms. The number of methoxy groups -OCH3 is 1. The van der Waals surface area contributed by atoms with Crippen LogP contribution in [-0.4, -0.2) is 56.3 Å². The topological polar surface area (TPSA) is 50.8 Å². The van der Waals surface area contributed by atoms with Crippen LogP contribution in [-0.2, 0) is 20.9 Å². The van der Waals surface area contributed by atoms with Crippen LogP contribution in [0.15, 0.2) is 30.3 Å². The molecule has 2 saturated heterocycles. The lowest BCUT2D eigenvalue weighted by Crippen LogP contribution is -2.54. The van der Waals surface area contributed by atoms with Gasteiger partial charge in [-0.25, -0.2) is 0 Å². The summed E-state index contributed by atoms with van der Waals surface area (Å²) in [5, 5.41) is 3.30. The maximum Gasteiger partial charge on any atom is 0.254 e. The van der Waals surface area contributed by atoms with Crippen molar-refractivity contribution in [2.45, 2.75) is 31.5 Å². The lowest BCUT2D eigenvalue weighted by Gasteiger charge is -2.37. The van der Waals surface area contributed by atoms with Gasteiger partial charge in [0.15, 0.2) is 0 Å². The highest BCUT2D eigenvalue weighted by atomic mass is 35.5. The Bertz CT molecular complexity index is 535. The molecular formula is C19H29ClN2O3. The quantitative estimate of drug-likeness (QED) is 0.836. The van der Waals surface area contributed by atoms with E-state index in [1.807, 2.05) is 23.1 Å². The molecule has 1 unspecified atom stereocenters. The second-order valence-electron chi connectivity index (χ2n) is 6.86. The fourth-order valence-corrected chi connectivity index (χ4v) is 3.69.